The fourth-order valence-electron chi connectivity index (χ4n) is 1.12. The van der Waals surface area contributed by atoms with E-state index in [9.17, 15) is 4.21 Å². The van der Waals surface area contributed by atoms with Gasteiger partial charge >= 0.3 is 0 Å². The molecule has 2 heterocycles. The van der Waals surface area contributed by atoms with E-state index in [1.54, 1.807) is 17.4 Å². The van der Waals surface area contributed by atoms with Crippen LogP contribution in [0.1, 0.15) is 0 Å². The summed E-state index contributed by atoms with van der Waals surface area (Å²) < 4.78 is 11.3. The van der Waals surface area contributed by atoms with Gasteiger partial charge in [0, 0.05) is 12.3 Å². The van der Waals surface area contributed by atoms with Gasteiger partial charge in [0.15, 0.2) is 0 Å². The molecule has 1 unspecified atom stereocenters. The lowest BCUT2D eigenvalue weighted by Gasteiger charge is -2.01. The van der Waals surface area contributed by atoms with Crippen molar-refractivity contribution in [1.29, 1.82) is 0 Å². The first-order valence-electron chi connectivity index (χ1n) is 4.18. The monoisotopic (exact) mass is 239 g/mol. The third kappa shape index (κ3) is 2.21. The van der Waals surface area contributed by atoms with E-state index in [1.807, 2.05) is 17.5 Å². The van der Waals surface area contributed by atoms with E-state index in [1.165, 1.54) is 6.26 Å². The Hall–Kier alpha value is -1.27. The van der Waals surface area contributed by atoms with Crippen LogP contribution in [0.3, 0.4) is 0 Å². The largest absolute Gasteiger partial charge is 0.384 e. The van der Waals surface area contributed by atoms with E-state index in [0.717, 1.165) is 10.6 Å². The molecule has 0 saturated carbocycles. The molecule has 0 aliphatic rings. The summed E-state index contributed by atoms with van der Waals surface area (Å²) in [6, 6.07) is 5.55. The van der Waals surface area contributed by atoms with Crippen molar-refractivity contribution in [1.82, 2.24) is 9.97 Å². The summed E-state index contributed by atoms with van der Waals surface area (Å²) in [6.45, 7) is 0. The highest BCUT2D eigenvalue weighted by atomic mass is 32.2. The second kappa shape index (κ2) is 4.08. The molecule has 2 aromatic rings. The summed E-state index contributed by atoms with van der Waals surface area (Å²) in [7, 11) is -1.21. The molecule has 0 saturated heterocycles. The van der Waals surface area contributed by atoms with Crippen LogP contribution in [0.25, 0.3) is 10.6 Å². The lowest BCUT2D eigenvalue weighted by molar-refractivity contribution is 0.680. The van der Waals surface area contributed by atoms with Crippen LogP contribution in [-0.4, -0.2) is 20.4 Å². The molecular weight excluding hydrogens is 230 g/mol. The first-order valence-corrected chi connectivity index (χ1v) is 6.62. The van der Waals surface area contributed by atoms with E-state index in [-0.39, 0.29) is 5.16 Å². The molecule has 1 atom stereocenters. The zero-order chi connectivity index (χ0) is 10.8. The van der Waals surface area contributed by atoms with Crippen LogP contribution in [0.5, 0.6) is 0 Å². The number of anilines is 1. The summed E-state index contributed by atoms with van der Waals surface area (Å²) >= 11 is 1.56. The topological polar surface area (TPSA) is 68.9 Å². The Morgan fingerprint density at radius 3 is 2.87 bits per heavy atom. The SMILES string of the molecule is CS(=O)c1nc(N)cc(-c2cccs2)n1. The van der Waals surface area contributed by atoms with Gasteiger partial charge in [-0.1, -0.05) is 6.07 Å². The molecule has 6 heteroatoms. The summed E-state index contributed by atoms with van der Waals surface area (Å²) in [4.78, 5) is 9.11. The molecule has 2 aromatic heterocycles. The highest BCUT2D eigenvalue weighted by Crippen LogP contribution is 2.24. The second-order valence-corrected chi connectivity index (χ2v) is 5.11. The van der Waals surface area contributed by atoms with Crippen LogP contribution < -0.4 is 5.73 Å². The third-order valence-corrected chi connectivity index (χ3v) is 3.35. The average Bonchev–Trinajstić information content (AvgIpc) is 2.69. The fraction of sp³-hybridized carbons (Fsp3) is 0.111. The zero-order valence-electron chi connectivity index (χ0n) is 8.01. The van der Waals surface area contributed by atoms with Crippen LogP contribution in [0.15, 0.2) is 28.7 Å². The van der Waals surface area contributed by atoms with Gasteiger partial charge in [-0.2, -0.15) is 0 Å². The van der Waals surface area contributed by atoms with Gasteiger partial charge in [0.05, 0.1) is 21.4 Å². The molecule has 0 amide bonds. The van der Waals surface area contributed by atoms with Crippen molar-refractivity contribution >= 4 is 28.0 Å². The molecule has 15 heavy (non-hydrogen) atoms. The number of nitrogens with zero attached hydrogens (tertiary/aromatic N) is 2. The standard InChI is InChI=1S/C9H9N3OS2/c1-15(13)9-11-6(5-8(10)12-9)7-3-2-4-14-7/h2-5H,1H3,(H2,10,11,12). The molecule has 78 valence electrons. The molecule has 0 spiro atoms. The van der Waals surface area contributed by atoms with Gasteiger partial charge in [0.2, 0.25) is 5.16 Å². The minimum absolute atomic E-state index is 0.276. The van der Waals surface area contributed by atoms with Gasteiger partial charge in [-0.15, -0.1) is 11.3 Å². The first kappa shape index (κ1) is 10.3. The van der Waals surface area contributed by atoms with Crippen molar-refractivity contribution in [3.8, 4) is 10.6 Å². The van der Waals surface area contributed by atoms with E-state index < -0.39 is 10.8 Å². The molecule has 0 aliphatic heterocycles. The lowest BCUT2D eigenvalue weighted by atomic mass is 10.3. The summed E-state index contributed by atoms with van der Waals surface area (Å²) in [5.74, 6) is 0.346. The Morgan fingerprint density at radius 1 is 1.47 bits per heavy atom. The predicted molar refractivity (Wildman–Crippen MR) is 62.1 cm³/mol. The van der Waals surface area contributed by atoms with Crippen LogP contribution in [0.2, 0.25) is 0 Å². The Kier molecular flexibility index (Phi) is 2.79. The smallest absolute Gasteiger partial charge is 0.220 e. The normalized spacial score (nSPS) is 12.6. The maximum absolute atomic E-state index is 11.3. The molecule has 0 aromatic carbocycles. The number of nitrogens with two attached hydrogens (primary N) is 1. The number of thiophene rings is 1. The minimum Gasteiger partial charge on any atom is -0.384 e. The van der Waals surface area contributed by atoms with Crippen molar-refractivity contribution in [2.45, 2.75) is 5.16 Å². The van der Waals surface area contributed by atoms with Crippen LogP contribution >= 0.6 is 11.3 Å². The quantitative estimate of drug-likeness (QED) is 0.807. The Balaban J connectivity index is 2.54. The molecule has 0 radical (unpaired) electrons. The molecule has 4 nitrogen and oxygen atoms in total. The van der Waals surface area contributed by atoms with Crippen molar-refractivity contribution in [3.05, 3.63) is 23.6 Å². The average molecular weight is 239 g/mol. The van der Waals surface area contributed by atoms with E-state index in [0.29, 0.717) is 5.82 Å². The number of aromatic nitrogens is 2. The molecule has 2 N–H and O–H groups in total. The van der Waals surface area contributed by atoms with Gasteiger partial charge in [-0.25, -0.2) is 9.97 Å². The van der Waals surface area contributed by atoms with Crippen LogP contribution in [-0.2, 0) is 10.8 Å². The Bertz CT molecular complexity index is 496. The molecule has 0 fully saturated rings. The van der Waals surface area contributed by atoms with Crippen LogP contribution in [0.4, 0.5) is 5.82 Å². The second-order valence-electron chi connectivity index (χ2n) is 2.89. The van der Waals surface area contributed by atoms with E-state index in [4.69, 9.17) is 5.73 Å². The number of nitrogen functional groups attached to an aromatic ring is 1. The lowest BCUT2D eigenvalue weighted by Crippen LogP contribution is -2.01. The molecule has 0 bridgehead atoms. The number of rotatable bonds is 2. The minimum atomic E-state index is -1.21. The van der Waals surface area contributed by atoms with Gasteiger partial charge in [-0.3, -0.25) is 4.21 Å². The van der Waals surface area contributed by atoms with Gasteiger partial charge in [-0.05, 0) is 11.4 Å². The fourth-order valence-corrected chi connectivity index (χ4v) is 2.27. The zero-order valence-corrected chi connectivity index (χ0v) is 9.64. The van der Waals surface area contributed by atoms with Gasteiger partial charge < -0.3 is 5.73 Å². The van der Waals surface area contributed by atoms with E-state index >= 15 is 0 Å². The van der Waals surface area contributed by atoms with Gasteiger partial charge in [0.1, 0.15) is 5.82 Å². The van der Waals surface area contributed by atoms with Crippen molar-refractivity contribution in [2.24, 2.45) is 0 Å². The molecular formula is C9H9N3OS2. The van der Waals surface area contributed by atoms with Crippen LogP contribution in [0, 0.1) is 0 Å². The maximum atomic E-state index is 11.3. The summed E-state index contributed by atoms with van der Waals surface area (Å²) in [5.41, 5.74) is 6.35. The van der Waals surface area contributed by atoms with Crippen molar-refractivity contribution in [3.63, 3.8) is 0 Å². The Labute approximate surface area is 93.6 Å². The third-order valence-electron chi connectivity index (χ3n) is 1.76. The van der Waals surface area contributed by atoms with E-state index in [2.05, 4.69) is 9.97 Å². The summed E-state index contributed by atoms with van der Waals surface area (Å²) in [5, 5.41) is 2.23. The molecule has 2 rings (SSSR count). The number of hydrogen-bond donors (Lipinski definition) is 1. The first-order chi connectivity index (χ1) is 7.16. The predicted octanol–water partition coefficient (Wildman–Crippen LogP) is 1.52. The Morgan fingerprint density at radius 2 is 2.27 bits per heavy atom. The van der Waals surface area contributed by atoms with Crippen molar-refractivity contribution in [2.75, 3.05) is 12.0 Å². The highest BCUT2D eigenvalue weighted by Gasteiger charge is 2.07. The van der Waals surface area contributed by atoms with Crippen molar-refractivity contribution < 1.29 is 4.21 Å². The maximum Gasteiger partial charge on any atom is 0.220 e. The summed E-state index contributed by atoms with van der Waals surface area (Å²) in [6.07, 6.45) is 1.53. The number of hydrogen-bond acceptors (Lipinski definition) is 5. The highest BCUT2D eigenvalue weighted by molar-refractivity contribution is 7.84. The molecule has 0 aliphatic carbocycles. The van der Waals surface area contributed by atoms with Gasteiger partial charge in [0.25, 0.3) is 0 Å².